The largest absolute Gasteiger partial charge is 0.405 e. The Morgan fingerprint density at radius 1 is 1.29 bits per heavy atom. The van der Waals surface area contributed by atoms with Gasteiger partial charge in [-0.3, -0.25) is 0 Å². The molecule has 1 heterocycles. The molecule has 0 bridgehead atoms. The Balaban J connectivity index is 2.84. The van der Waals surface area contributed by atoms with Crippen LogP contribution in [0.3, 0.4) is 0 Å². The molecule has 0 amide bonds. The first kappa shape index (κ1) is 13.6. The fourth-order valence-electron chi connectivity index (χ4n) is 1.45. The van der Waals surface area contributed by atoms with Gasteiger partial charge in [-0.05, 0) is 26.0 Å². The number of hydrogen-bond donors (Lipinski definition) is 1. The average molecular weight is 247 g/mol. The zero-order valence-corrected chi connectivity index (χ0v) is 9.88. The molecule has 0 aliphatic heterocycles. The molecule has 1 aromatic heterocycles. The van der Waals surface area contributed by atoms with Crippen LogP contribution in [0.2, 0.25) is 0 Å². The lowest BCUT2D eigenvalue weighted by Gasteiger charge is -2.23. The summed E-state index contributed by atoms with van der Waals surface area (Å²) in [7, 11) is 0. The van der Waals surface area contributed by atoms with Crippen LogP contribution in [0.4, 0.5) is 24.8 Å². The first-order valence-corrected chi connectivity index (χ1v) is 5.49. The van der Waals surface area contributed by atoms with E-state index in [0.717, 1.165) is 0 Å². The van der Waals surface area contributed by atoms with E-state index in [0.29, 0.717) is 18.2 Å². The van der Waals surface area contributed by atoms with Gasteiger partial charge in [-0.1, -0.05) is 6.07 Å². The van der Waals surface area contributed by atoms with Gasteiger partial charge in [0.25, 0.3) is 0 Å². The summed E-state index contributed by atoms with van der Waals surface area (Å²) in [5.41, 5.74) is 0. The summed E-state index contributed by atoms with van der Waals surface area (Å²) in [6.07, 6.45) is -4.22. The second kappa shape index (κ2) is 5.75. The van der Waals surface area contributed by atoms with E-state index < -0.39 is 12.7 Å². The minimum Gasteiger partial charge on any atom is -0.370 e. The number of pyridine rings is 1. The Bertz CT molecular complexity index is 352. The molecule has 0 atom stereocenters. The first-order valence-electron chi connectivity index (χ1n) is 5.49. The van der Waals surface area contributed by atoms with Gasteiger partial charge in [0.15, 0.2) is 0 Å². The number of alkyl halides is 3. The van der Waals surface area contributed by atoms with Crippen molar-refractivity contribution >= 4 is 11.6 Å². The molecule has 6 heteroatoms. The molecule has 96 valence electrons. The van der Waals surface area contributed by atoms with Gasteiger partial charge in [0.05, 0.1) is 0 Å². The zero-order chi connectivity index (χ0) is 12.9. The summed E-state index contributed by atoms with van der Waals surface area (Å²) < 4.78 is 37.0. The lowest BCUT2D eigenvalue weighted by Crippen LogP contribution is -2.34. The predicted molar refractivity (Wildman–Crippen MR) is 62.3 cm³/mol. The molecule has 0 spiro atoms. The van der Waals surface area contributed by atoms with E-state index in [2.05, 4.69) is 10.3 Å². The van der Waals surface area contributed by atoms with Crippen molar-refractivity contribution in [3.8, 4) is 0 Å². The molecule has 3 nitrogen and oxygen atoms in total. The molecule has 0 unspecified atom stereocenters. The monoisotopic (exact) mass is 247 g/mol. The van der Waals surface area contributed by atoms with Crippen molar-refractivity contribution in [1.82, 2.24) is 4.98 Å². The molecule has 0 saturated heterocycles. The van der Waals surface area contributed by atoms with E-state index in [1.807, 2.05) is 6.92 Å². The molecular formula is C11H16F3N3. The highest BCUT2D eigenvalue weighted by molar-refractivity contribution is 5.47. The van der Waals surface area contributed by atoms with Crippen molar-refractivity contribution in [2.75, 3.05) is 29.9 Å². The van der Waals surface area contributed by atoms with Gasteiger partial charge in [0.1, 0.15) is 18.2 Å². The number of nitrogens with zero attached hydrogens (tertiary/aromatic N) is 2. The number of hydrogen-bond acceptors (Lipinski definition) is 3. The maximum Gasteiger partial charge on any atom is 0.405 e. The zero-order valence-electron chi connectivity index (χ0n) is 9.88. The van der Waals surface area contributed by atoms with Crippen molar-refractivity contribution < 1.29 is 13.2 Å². The van der Waals surface area contributed by atoms with Gasteiger partial charge in [0.2, 0.25) is 0 Å². The standard InChI is InChI=1S/C11H16F3N3/c1-3-15-9-6-5-7-10(16-9)17(4-2)8-11(12,13)14/h5-7H,3-4,8H2,1-2H3,(H,15,16). The van der Waals surface area contributed by atoms with Gasteiger partial charge in [-0.15, -0.1) is 0 Å². The van der Waals surface area contributed by atoms with Gasteiger partial charge in [-0.2, -0.15) is 13.2 Å². The summed E-state index contributed by atoms with van der Waals surface area (Å²) >= 11 is 0. The summed E-state index contributed by atoms with van der Waals surface area (Å²) in [5.74, 6) is 0.925. The van der Waals surface area contributed by atoms with Crippen molar-refractivity contribution in [3.63, 3.8) is 0 Å². The number of halogens is 3. The Hall–Kier alpha value is -1.46. The highest BCUT2D eigenvalue weighted by Crippen LogP contribution is 2.21. The van der Waals surface area contributed by atoms with E-state index in [4.69, 9.17) is 0 Å². The van der Waals surface area contributed by atoms with Crippen LogP contribution >= 0.6 is 0 Å². The molecule has 1 aromatic rings. The number of rotatable bonds is 5. The molecular weight excluding hydrogens is 231 g/mol. The number of nitrogens with one attached hydrogen (secondary N) is 1. The Morgan fingerprint density at radius 2 is 2.00 bits per heavy atom. The van der Waals surface area contributed by atoms with E-state index in [1.165, 1.54) is 4.90 Å². The maximum atomic E-state index is 12.3. The van der Waals surface area contributed by atoms with Gasteiger partial charge < -0.3 is 10.2 Å². The number of anilines is 2. The lowest BCUT2D eigenvalue weighted by atomic mass is 10.4. The third-order valence-electron chi connectivity index (χ3n) is 2.17. The van der Waals surface area contributed by atoms with Crippen molar-refractivity contribution in [2.45, 2.75) is 20.0 Å². The minimum absolute atomic E-state index is 0.266. The first-order chi connectivity index (χ1) is 7.96. The SMILES string of the molecule is CCNc1cccc(N(CC)CC(F)(F)F)n1. The van der Waals surface area contributed by atoms with E-state index in [-0.39, 0.29) is 6.54 Å². The molecule has 0 saturated carbocycles. The third kappa shape index (κ3) is 4.50. The number of aromatic nitrogens is 1. The van der Waals surface area contributed by atoms with Crippen LogP contribution < -0.4 is 10.2 Å². The molecule has 0 aliphatic carbocycles. The second-order valence-corrected chi connectivity index (χ2v) is 3.54. The summed E-state index contributed by atoms with van der Waals surface area (Å²) in [5, 5.41) is 2.97. The molecule has 17 heavy (non-hydrogen) atoms. The fraction of sp³-hybridized carbons (Fsp3) is 0.545. The Kier molecular flexibility index (Phi) is 4.60. The van der Waals surface area contributed by atoms with Crippen molar-refractivity contribution in [2.24, 2.45) is 0 Å². The quantitative estimate of drug-likeness (QED) is 0.867. The van der Waals surface area contributed by atoms with Gasteiger partial charge in [-0.25, -0.2) is 4.98 Å². The lowest BCUT2D eigenvalue weighted by molar-refractivity contribution is -0.119. The molecule has 1 N–H and O–H groups in total. The van der Waals surface area contributed by atoms with Gasteiger partial charge in [0, 0.05) is 13.1 Å². The van der Waals surface area contributed by atoms with Crippen LogP contribution in [0, 0.1) is 0 Å². The average Bonchev–Trinajstić information content (AvgIpc) is 2.25. The normalized spacial score (nSPS) is 11.4. The van der Waals surface area contributed by atoms with Crippen LogP contribution in [0.15, 0.2) is 18.2 Å². The summed E-state index contributed by atoms with van der Waals surface area (Å²) in [4.78, 5) is 5.33. The predicted octanol–water partition coefficient (Wildman–Crippen LogP) is 2.90. The van der Waals surface area contributed by atoms with Crippen LogP contribution in [-0.2, 0) is 0 Å². The summed E-state index contributed by atoms with van der Waals surface area (Å²) in [6.45, 7) is 3.55. The summed E-state index contributed by atoms with van der Waals surface area (Å²) in [6, 6.07) is 5.00. The molecule has 0 aromatic carbocycles. The Morgan fingerprint density at radius 3 is 2.53 bits per heavy atom. The molecule has 0 aliphatic rings. The van der Waals surface area contributed by atoms with Gasteiger partial charge >= 0.3 is 6.18 Å². The highest BCUT2D eigenvalue weighted by Gasteiger charge is 2.30. The fourth-order valence-corrected chi connectivity index (χ4v) is 1.45. The van der Waals surface area contributed by atoms with Crippen molar-refractivity contribution in [3.05, 3.63) is 18.2 Å². The van der Waals surface area contributed by atoms with Crippen LogP contribution in [0.1, 0.15) is 13.8 Å². The Labute approximate surface area is 98.6 Å². The maximum absolute atomic E-state index is 12.3. The van der Waals surface area contributed by atoms with E-state index in [1.54, 1.807) is 25.1 Å². The molecule has 1 rings (SSSR count). The van der Waals surface area contributed by atoms with Crippen LogP contribution in [-0.4, -0.2) is 30.8 Å². The van der Waals surface area contributed by atoms with E-state index in [9.17, 15) is 13.2 Å². The van der Waals surface area contributed by atoms with Crippen molar-refractivity contribution in [1.29, 1.82) is 0 Å². The third-order valence-corrected chi connectivity index (χ3v) is 2.17. The topological polar surface area (TPSA) is 28.2 Å². The van der Waals surface area contributed by atoms with E-state index >= 15 is 0 Å². The second-order valence-electron chi connectivity index (χ2n) is 3.54. The molecule has 0 radical (unpaired) electrons. The van der Waals surface area contributed by atoms with Crippen LogP contribution in [0.25, 0.3) is 0 Å². The highest BCUT2D eigenvalue weighted by atomic mass is 19.4. The smallest absolute Gasteiger partial charge is 0.370 e. The molecule has 0 fully saturated rings. The minimum atomic E-state index is -4.22. The van der Waals surface area contributed by atoms with Crippen LogP contribution in [0.5, 0.6) is 0 Å².